The molecule has 1 aromatic carbocycles. The third kappa shape index (κ3) is 5.51. The molecule has 2 aromatic rings. The van der Waals surface area contributed by atoms with Gasteiger partial charge in [-0.1, -0.05) is 5.16 Å². The maximum atomic E-state index is 13.3. The quantitative estimate of drug-likeness (QED) is 0.728. The van der Waals surface area contributed by atoms with Gasteiger partial charge in [-0.3, -0.25) is 0 Å². The summed E-state index contributed by atoms with van der Waals surface area (Å²) in [5, 5.41) is 6.92. The summed E-state index contributed by atoms with van der Waals surface area (Å²) in [4.78, 5) is 4.16. The largest absolute Gasteiger partial charge is 0.335 e. The molecule has 10 heteroatoms. The summed E-state index contributed by atoms with van der Waals surface area (Å²) in [6, 6.07) is 3.37. The van der Waals surface area contributed by atoms with E-state index in [9.17, 15) is 17.2 Å². The first-order valence-electron chi connectivity index (χ1n) is 9.59. The van der Waals surface area contributed by atoms with Gasteiger partial charge in [-0.25, -0.2) is 21.9 Å². The van der Waals surface area contributed by atoms with E-state index in [-0.39, 0.29) is 29.4 Å². The number of sulfonamides is 1. The van der Waals surface area contributed by atoms with E-state index in [0.717, 1.165) is 43.9 Å². The summed E-state index contributed by atoms with van der Waals surface area (Å²) >= 11 is 0. The molecule has 0 bridgehead atoms. The number of halogens is 2. The van der Waals surface area contributed by atoms with Gasteiger partial charge in [-0.05, 0) is 64.5 Å². The molecule has 0 atom stereocenters. The molecule has 1 aliphatic rings. The maximum Gasteiger partial charge on any atom is 0.322 e. The Balaban J connectivity index is 1.51. The highest BCUT2D eigenvalue weighted by Gasteiger charge is 2.30. The predicted octanol–water partition coefficient (Wildman–Crippen LogP) is 3.70. The summed E-state index contributed by atoms with van der Waals surface area (Å²) in [5.41, 5.74) is 0.203. The molecule has 0 amide bonds. The van der Waals surface area contributed by atoms with Crippen molar-refractivity contribution in [3.8, 4) is 11.4 Å². The molecule has 29 heavy (non-hydrogen) atoms. The van der Waals surface area contributed by atoms with Crippen molar-refractivity contribution >= 4 is 16.0 Å². The lowest BCUT2D eigenvalue weighted by Gasteiger charge is -2.29. The van der Waals surface area contributed by atoms with Crippen LogP contribution in [0, 0.1) is 17.6 Å². The minimum Gasteiger partial charge on any atom is -0.335 e. The Morgan fingerprint density at radius 3 is 2.31 bits per heavy atom. The zero-order valence-electron chi connectivity index (χ0n) is 16.7. The number of benzene rings is 1. The van der Waals surface area contributed by atoms with Crippen LogP contribution in [0.5, 0.6) is 0 Å². The minimum atomic E-state index is -3.34. The Kier molecular flexibility index (Phi) is 6.23. The molecule has 1 aliphatic carbocycles. The van der Waals surface area contributed by atoms with Crippen LogP contribution in [-0.2, 0) is 10.0 Å². The molecule has 0 unspecified atom stereocenters. The van der Waals surface area contributed by atoms with Crippen molar-refractivity contribution in [2.75, 3.05) is 11.9 Å². The van der Waals surface area contributed by atoms with Crippen LogP contribution in [-0.4, -0.2) is 35.9 Å². The van der Waals surface area contributed by atoms with Gasteiger partial charge < -0.3 is 9.84 Å². The van der Waals surface area contributed by atoms with E-state index < -0.39 is 26.4 Å². The SMILES string of the molecule is CC(C)(C)S(=O)(=O)NCC1CCC(Nc2nc(-c3cc(F)cc(F)c3)no2)CC1. The lowest BCUT2D eigenvalue weighted by atomic mass is 9.86. The Labute approximate surface area is 169 Å². The fraction of sp³-hybridized carbons (Fsp3) is 0.579. The van der Waals surface area contributed by atoms with Crippen molar-refractivity contribution in [2.24, 2.45) is 5.92 Å². The van der Waals surface area contributed by atoms with E-state index in [2.05, 4.69) is 20.2 Å². The molecule has 0 aliphatic heterocycles. The van der Waals surface area contributed by atoms with E-state index in [4.69, 9.17) is 4.52 Å². The molecule has 1 fully saturated rings. The van der Waals surface area contributed by atoms with Crippen molar-refractivity contribution in [3.63, 3.8) is 0 Å². The number of nitrogens with zero attached hydrogens (tertiary/aromatic N) is 2. The van der Waals surface area contributed by atoms with E-state index in [1.807, 2.05) is 0 Å². The van der Waals surface area contributed by atoms with Gasteiger partial charge in [0.1, 0.15) is 11.6 Å². The Hall–Kier alpha value is -2.07. The van der Waals surface area contributed by atoms with Crippen molar-refractivity contribution in [1.82, 2.24) is 14.9 Å². The van der Waals surface area contributed by atoms with Gasteiger partial charge >= 0.3 is 6.01 Å². The van der Waals surface area contributed by atoms with Gasteiger partial charge in [-0.15, -0.1) is 0 Å². The van der Waals surface area contributed by atoms with E-state index >= 15 is 0 Å². The standard InChI is InChI=1S/C19H26F2N4O3S/c1-19(2,3)29(26,27)22-11-12-4-6-16(7-5-12)23-18-24-17(25-28-18)13-8-14(20)10-15(21)9-13/h8-10,12,16,22H,4-7,11H2,1-3H3,(H,23,24,25). The van der Waals surface area contributed by atoms with Gasteiger partial charge in [0.15, 0.2) is 0 Å². The normalized spacial score (nSPS) is 20.6. The van der Waals surface area contributed by atoms with Crippen LogP contribution in [0.4, 0.5) is 14.8 Å². The Morgan fingerprint density at radius 2 is 1.72 bits per heavy atom. The van der Waals surface area contributed by atoms with E-state index in [0.29, 0.717) is 6.54 Å². The van der Waals surface area contributed by atoms with E-state index in [1.54, 1.807) is 20.8 Å². The second-order valence-electron chi connectivity index (χ2n) is 8.41. The average Bonchev–Trinajstić information content (AvgIpc) is 3.08. The fourth-order valence-electron chi connectivity index (χ4n) is 3.21. The number of rotatable bonds is 6. The number of hydrogen-bond donors (Lipinski definition) is 2. The molecule has 0 spiro atoms. The smallest absolute Gasteiger partial charge is 0.322 e. The second kappa shape index (κ2) is 8.35. The van der Waals surface area contributed by atoms with Crippen LogP contribution >= 0.6 is 0 Å². The van der Waals surface area contributed by atoms with Crippen molar-refractivity contribution in [2.45, 2.75) is 57.2 Å². The van der Waals surface area contributed by atoms with Crippen LogP contribution < -0.4 is 10.0 Å². The van der Waals surface area contributed by atoms with Gasteiger partial charge in [-0.2, -0.15) is 4.98 Å². The summed E-state index contributed by atoms with van der Waals surface area (Å²) in [6.45, 7) is 5.45. The predicted molar refractivity (Wildman–Crippen MR) is 106 cm³/mol. The number of nitrogens with one attached hydrogen (secondary N) is 2. The fourth-order valence-corrected chi connectivity index (χ4v) is 4.10. The van der Waals surface area contributed by atoms with Crippen LogP contribution in [0.2, 0.25) is 0 Å². The molecule has 0 radical (unpaired) electrons. The molecule has 7 nitrogen and oxygen atoms in total. The van der Waals surface area contributed by atoms with Crippen LogP contribution in [0.15, 0.2) is 22.7 Å². The zero-order chi connectivity index (χ0) is 21.2. The molecule has 1 heterocycles. The van der Waals surface area contributed by atoms with E-state index in [1.165, 1.54) is 0 Å². The summed E-state index contributed by atoms with van der Waals surface area (Å²) in [7, 11) is -3.34. The van der Waals surface area contributed by atoms with Crippen LogP contribution in [0.25, 0.3) is 11.4 Å². The molecule has 160 valence electrons. The van der Waals surface area contributed by atoms with Crippen molar-refractivity contribution < 1.29 is 21.7 Å². The maximum absolute atomic E-state index is 13.3. The van der Waals surface area contributed by atoms with Crippen LogP contribution in [0.1, 0.15) is 46.5 Å². The molecular weight excluding hydrogens is 402 g/mol. The minimum absolute atomic E-state index is 0.108. The molecule has 2 N–H and O–H groups in total. The van der Waals surface area contributed by atoms with Gasteiger partial charge in [0, 0.05) is 24.2 Å². The lowest BCUT2D eigenvalue weighted by Crippen LogP contribution is -2.42. The van der Waals surface area contributed by atoms with Crippen LogP contribution in [0.3, 0.4) is 0 Å². The van der Waals surface area contributed by atoms with Gasteiger partial charge in [0.05, 0.1) is 4.75 Å². The number of hydrogen-bond acceptors (Lipinski definition) is 6. The summed E-state index contributed by atoms with van der Waals surface area (Å²) < 4.78 is 58.1. The molecule has 1 saturated carbocycles. The molecular formula is C19H26F2N4O3S. The first-order chi connectivity index (χ1) is 13.5. The van der Waals surface area contributed by atoms with Gasteiger partial charge in [0.2, 0.25) is 15.8 Å². The van der Waals surface area contributed by atoms with Gasteiger partial charge in [0.25, 0.3) is 0 Å². The highest BCUT2D eigenvalue weighted by atomic mass is 32.2. The zero-order valence-corrected chi connectivity index (χ0v) is 17.5. The third-order valence-corrected chi connectivity index (χ3v) is 7.25. The topological polar surface area (TPSA) is 97.1 Å². The highest BCUT2D eigenvalue weighted by molar-refractivity contribution is 7.90. The van der Waals surface area contributed by atoms with Crippen molar-refractivity contribution in [1.29, 1.82) is 0 Å². The number of aromatic nitrogens is 2. The highest BCUT2D eigenvalue weighted by Crippen LogP contribution is 2.27. The first-order valence-corrected chi connectivity index (χ1v) is 11.1. The lowest BCUT2D eigenvalue weighted by molar-refractivity contribution is 0.329. The summed E-state index contributed by atoms with van der Waals surface area (Å²) in [6.07, 6.45) is 3.38. The Morgan fingerprint density at radius 1 is 1.10 bits per heavy atom. The average molecular weight is 429 g/mol. The molecule has 3 rings (SSSR count). The second-order valence-corrected chi connectivity index (χ2v) is 10.9. The summed E-state index contributed by atoms with van der Waals surface area (Å²) in [5.74, 6) is -1.03. The monoisotopic (exact) mass is 428 g/mol. The Bertz CT molecular complexity index is 928. The van der Waals surface area contributed by atoms with Crippen molar-refractivity contribution in [3.05, 3.63) is 29.8 Å². The number of anilines is 1. The molecule has 1 aromatic heterocycles. The first kappa shape index (κ1) is 21.6. The molecule has 0 saturated heterocycles. The third-order valence-electron chi connectivity index (χ3n) is 5.09.